The van der Waals surface area contributed by atoms with E-state index in [0.29, 0.717) is 11.1 Å². The zero-order valence-electron chi connectivity index (χ0n) is 20.2. The largest absolute Gasteiger partial charge is 0.327 e. The number of thioether (sulfide) groups is 1. The Morgan fingerprint density at radius 3 is 2.70 bits per heavy atom. The molecule has 1 saturated heterocycles. The number of aromatic amines is 1. The van der Waals surface area contributed by atoms with Crippen molar-refractivity contribution in [1.82, 2.24) is 14.9 Å². The van der Waals surface area contributed by atoms with E-state index in [1.807, 2.05) is 17.8 Å². The summed E-state index contributed by atoms with van der Waals surface area (Å²) < 4.78 is 0. The van der Waals surface area contributed by atoms with Crippen LogP contribution < -0.4 is 0 Å². The molecule has 0 radical (unpaired) electrons. The molecule has 2 aromatic rings. The summed E-state index contributed by atoms with van der Waals surface area (Å²) >= 11 is 2.03. The van der Waals surface area contributed by atoms with Crippen LogP contribution in [0.4, 0.5) is 0 Å². The molecule has 0 bridgehead atoms. The van der Waals surface area contributed by atoms with Gasteiger partial charge in [0, 0.05) is 36.6 Å². The second-order valence-corrected chi connectivity index (χ2v) is 11.7. The summed E-state index contributed by atoms with van der Waals surface area (Å²) in [6, 6.07) is 8.67. The van der Waals surface area contributed by atoms with Crippen LogP contribution in [0.3, 0.4) is 0 Å². The minimum absolute atomic E-state index is 0.0600. The van der Waals surface area contributed by atoms with Crippen molar-refractivity contribution in [3.63, 3.8) is 0 Å². The topological polar surface area (TPSA) is 72.8 Å². The summed E-state index contributed by atoms with van der Waals surface area (Å²) in [5.74, 6) is 2.52. The molecular formula is C27H34N4OS. The maximum atomic E-state index is 13.0. The van der Waals surface area contributed by atoms with Crippen LogP contribution in [0.2, 0.25) is 0 Å². The zero-order valence-corrected chi connectivity index (χ0v) is 21.0. The maximum absolute atomic E-state index is 13.0. The monoisotopic (exact) mass is 462 g/mol. The lowest BCUT2D eigenvalue weighted by molar-refractivity contribution is 0.0984. The number of nitriles is 1. The molecule has 1 aromatic heterocycles. The molecule has 0 atom stereocenters. The lowest BCUT2D eigenvalue weighted by atomic mass is 9.75. The molecule has 33 heavy (non-hydrogen) atoms. The van der Waals surface area contributed by atoms with Crippen molar-refractivity contribution in [3.05, 3.63) is 58.7 Å². The number of hydrogen-bond acceptors (Lipinski definition) is 5. The first-order chi connectivity index (χ1) is 15.7. The highest BCUT2D eigenvalue weighted by molar-refractivity contribution is 7.99. The van der Waals surface area contributed by atoms with Crippen LogP contribution in [0.1, 0.15) is 80.0 Å². The normalized spacial score (nSPS) is 19.1. The summed E-state index contributed by atoms with van der Waals surface area (Å²) in [7, 11) is 0. The summed E-state index contributed by atoms with van der Waals surface area (Å²) in [5.41, 5.74) is 5.46. The van der Waals surface area contributed by atoms with Crippen LogP contribution in [-0.2, 0) is 12.0 Å². The number of allylic oxidation sites excluding steroid dienone is 2. The number of carbonyl (C=O) groups is 1. The third-order valence-electron chi connectivity index (χ3n) is 7.25. The van der Waals surface area contributed by atoms with E-state index in [1.54, 1.807) is 0 Å². The van der Waals surface area contributed by atoms with Gasteiger partial charge in [-0.15, -0.1) is 0 Å². The third kappa shape index (κ3) is 5.26. The maximum Gasteiger partial charge on any atom is 0.202 e. The van der Waals surface area contributed by atoms with E-state index in [0.717, 1.165) is 37.9 Å². The minimum atomic E-state index is -0.0884. The predicted molar refractivity (Wildman–Crippen MR) is 135 cm³/mol. The van der Waals surface area contributed by atoms with E-state index < -0.39 is 0 Å². The van der Waals surface area contributed by atoms with E-state index in [4.69, 9.17) is 5.26 Å². The average molecular weight is 463 g/mol. The molecule has 1 aromatic carbocycles. The lowest BCUT2D eigenvalue weighted by Gasteiger charge is -2.41. The summed E-state index contributed by atoms with van der Waals surface area (Å²) in [6.07, 6.45) is 7.29. The molecule has 4 rings (SSSR count). The number of imidazole rings is 1. The molecule has 1 aliphatic heterocycles. The fraction of sp³-hybridized carbons (Fsp3) is 0.519. The van der Waals surface area contributed by atoms with Gasteiger partial charge in [0.05, 0.1) is 6.20 Å². The highest BCUT2D eigenvalue weighted by Gasteiger charge is 2.31. The molecule has 2 heterocycles. The number of nitrogens with one attached hydrogen (secondary N) is 1. The second-order valence-electron chi connectivity index (χ2n) is 10.5. The lowest BCUT2D eigenvalue weighted by Crippen LogP contribution is -2.46. The summed E-state index contributed by atoms with van der Waals surface area (Å²) in [4.78, 5) is 22.5. The van der Waals surface area contributed by atoms with Gasteiger partial charge in [-0.25, -0.2) is 4.98 Å². The molecule has 0 unspecified atom stereocenters. The van der Waals surface area contributed by atoms with Gasteiger partial charge in [-0.2, -0.15) is 17.0 Å². The molecule has 0 amide bonds. The molecule has 1 aliphatic carbocycles. The fourth-order valence-electron chi connectivity index (χ4n) is 4.81. The van der Waals surface area contributed by atoms with Gasteiger partial charge in [-0.3, -0.25) is 9.69 Å². The molecular weight excluding hydrogens is 428 g/mol. The van der Waals surface area contributed by atoms with Gasteiger partial charge in [0.2, 0.25) is 5.78 Å². The summed E-state index contributed by atoms with van der Waals surface area (Å²) in [5, 5.41) is 9.05. The van der Waals surface area contributed by atoms with Crippen LogP contribution in [0, 0.1) is 16.7 Å². The molecule has 1 N–H and O–H groups in total. The van der Waals surface area contributed by atoms with Crippen molar-refractivity contribution in [1.29, 1.82) is 5.26 Å². The molecule has 0 saturated carbocycles. The number of benzene rings is 1. The average Bonchev–Trinajstić information content (AvgIpc) is 3.30. The number of ketones is 1. The van der Waals surface area contributed by atoms with E-state index in [-0.39, 0.29) is 23.6 Å². The number of rotatable bonds is 6. The highest BCUT2D eigenvalue weighted by atomic mass is 32.2. The first kappa shape index (κ1) is 23.8. The van der Waals surface area contributed by atoms with Crippen molar-refractivity contribution in [3.8, 4) is 6.07 Å². The number of aromatic nitrogens is 2. The Bertz CT molecular complexity index is 1100. The van der Waals surface area contributed by atoms with E-state index in [1.165, 1.54) is 34.4 Å². The van der Waals surface area contributed by atoms with Gasteiger partial charge in [0.1, 0.15) is 11.8 Å². The molecule has 174 valence electrons. The van der Waals surface area contributed by atoms with Crippen molar-refractivity contribution < 1.29 is 4.79 Å². The first-order valence-corrected chi connectivity index (χ1v) is 13.0. The number of H-pyrrole nitrogens is 1. The van der Waals surface area contributed by atoms with Gasteiger partial charge in [-0.1, -0.05) is 32.1 Å². The predicted octanol–water partition coefficient (Wildman–Crippen LogP) is 5.58. The Balaban J connectivity index is 1.69. The molecule has 0 spiro atoms. The summed E-state index contributed by atoms with van der Waals surface area (Å²) in [6.45, 7) is 11.5. The van der Waals surface area contributed by atoms with Crippen molar-refractivity contribution in [2.75, 3.05) is 24.6 Å². The molecule has 2 aliphatic rings. The Hall–Kier alpha value is -2.36. The number of carbonyl (C=O) groups excluding carboxylic acids is 1. The van der Waals surface area contributed by atoms with E-state index in [9.17, 15) is 4.79 Å². The molecule has 1 fully saturated rings. The Morgan fingerprint density at radius 1 is 1.30 bits per heavy atom. The van der Waals surface area contributed by atoms with Gasteiger partial charge < -0.3 is 4.98 Å². The van der Waals surface area contributed by atoms with Gasteiger partial charge in [-0.05, 0) is 66.9 Å². The van der Waals surface area contributed by atoms with E-state index >= 15 is 0 Å². The first-order valence-electron chi connectivity index (χ1n) is 11.8. The zero-order chi connectivity index (χ0) is 23.6. The van der Waals surface area contributed by atoms with Crippen molar-refractivity contribution in [2.45, 2.75) is 58.9 Å². The van der Waals surface area contributed by atoms with Crippen LogP contribution >= 0.6 is 11.8 Å². The Labute approximate surface area is 201 Å². The fourth-order valence-corrected chi connectivity index (χ4v) is 5.72. The van der Waals surface area contributed by atoms with Crippen LogP contribution in [0.15, 0.2) is 30.5 Å². The molecule has 5 nitrogen and oxygen atoms in total. The number of hydrogen-bond donors (Lipinski definition) is 1. The Morgan fingerprint density at radius 2 is 2.06 bits per heavy atom. The van der Waals surface area contributed by atoms with Crippen molar-refractivity contribution >= 4 is 23.1 Å². The standard InChI is InChI=1S/C27H34N4OS/c1-26(2)9-7-19(8-10-26)23-16-21(27(3,4)31-11-13-33-14-12-31)6-5-20(23)15-24(32)25-29-18-22(17-28)30-25/h5-7,16,18H,8-15H2,1-4H3,(H,29,30). The van der Waals surface area contributed by atoms with Crippen LogP contribution in [-0.4, -0.2) is 45.2 Å². The quantitative estimate of drug-likeness (QED) is 0.567. The Kier molecular flexibility index (Phi) is 6.83. The molecule has 6 heteroatoms. The SMILES string of the molecule is CC1(C)CC=C(c2cc(C(C)(C)N3CCSCC3)ccc2CC(=O)c2ncc(C#N)[nH]2)CC1. The number of nitrogens with zero attached hydrogens (tertiary/aromatic N) is 3. The van der Waals surface area contributed by atoms with Crippen LogP contribution in [0.5, 0.6) is 0 Å². The van der Waals surface area contributed by atoms with Gasteiger partial charge in [0.15, 0.2) is 5.82 Å². The smallest absolute Gasteiger partial charge is 0.202 e. The van der Waals surface area contributed by atoms with Crippen molar-refractivity contribution in [2.24, 2.45) is 5.41 Å². The highest BCUT2D eigenvalue weighted by Crippen LogP contribution is 2.40. The minimum Gasteiger partial charge on any atom is -0.327 e. The number of Topliss-reactive ketones (excluding diaryl/α,β-unsaturated/α-hetero) is 1. The van der Waals surface area contributed by atoms with Crippen LogP contribution in [0.25, 0.3) is 5.57 Å². The van der Waals surface area contributed by atoms with E-state index in [2.05, 4.69) is 66.8 Å². The van der Waals surface area contributed by atoms with Gasteiger partial charge >= 0.3 is 0 Å². The third-order valence-corrected chi connectivity index (χ3v) is 8.19. The van der Waals surface area contributed by atoms with Gasteiger partial charge in [0.25, 0.3) is 0 Å². The second kappa shape index (κ2) is 9.48.